The van der Waals surface area contributed by atoms with E-state index in [-0.39, 0.29) is 24.2 Å². The fourth-order valence-electron chi connectivity index (χ4n) is 2.80. The second-order valence-corrected chi connectivity index (χ2v) is 6.71. The number of nitrogens with one attached hydrogen (secondary N) is 2. The van der Waals surface area contributed by atoms with Crippen molar-refractivity contribution in [3.8, 4) is 5.75 Å². The van der Waals surface area contributed by atoms with Crippen LogP contribution in [0.1, 0.15) is 21.5 Å². The van der Waals surface area contributed by atoms with Gasteiger partial charge in [0.15, 0.2) is 0 Å². The van der Waals surface area contributed by atoms with Crippen LogP contribution in [-0.2, 0) is 17.8 Å². The largest absolute Gasteiger partial charge is 0.489 e. The van der Waals surface area contributed by atoms with E-state index in [1.165, 1.54) is 12.1 Å². The van der Waals surface area contributed by atoms with Gasteiger partial charge in [-0.25, -0.2) is 4.39 Å². The summed E-state index contributed by atoms with van der Waals surface area (Å²) in [6.07, 6.45) is 0.308. The molecule has 0 spiro atoms. The maximum atomic E-state index is 13.0. The normalized spacial score (nSPS) is 10.3. The third kappa shape index (κ3) is 6.74. The standard InChI is InChI=1S/C24H23FN2O3/c25-21-11-9-19(10-12-21)17-30-22-8-4-7-20(16-22)24(29)27-14-13-26-23(28)15-18-5-2-1-3-6-18/h1-12,16H,13-15,17H2,(H,26,28)(H,27,29). The summed E-state index contributed by atoms with van der Waals surface area (Å²) in [5.41, 5.74) is 2.23. The molecule has 3 rings (SSSR count). The molecule has 0 atom stereocenters. The molecule has 0 aliphatic carbocycles. The highest BCUT2D eigenvalue weighted by molar-refractivity contribution is 5.94. The van der Waals surface area contributed by atoms with Crippen molar-refractivity contribution in [2.45, 2.75) is 13.0 Å². The second kappa shape index (κ2) is 10.8. The van der Waals surface area contributed by atoms with Crippen LogP contribution in [0, 0.1) is 5.82 Å². The molecule has 2 amide bonds. The quantitative estimate of drug-likeness (QED) is 0.535. The first kappa shape index (κ1) is 21.0. The number of halogens is 1. The molecular formula is C24H23FN2O3. The van der Waals surface area contributed by atoms with Crippen LogP contribution >= 0.6 is 0 Å². The van der Waals surface area contributed by atoms with Crippen molar-refractivity contribution < 1.29 is 18.7 Å². The van der Waals surface area contributed by atoms with E-state index >= 15 is 0 Å². The Kier molecular flexibility index (Phi) is 7.55. The Morgan fingerprint density at radius 3 is 2.30 bits per heavy atom. The molecule has 5 nitrogen and oxygen atoms in total. The number of amides is 2. The van der Waals surface area contributed by atoms with Crippen molar-refractivity contribution in [1.82, 2.24) is 10.6 Å². The minimum absolute atomic E-state index is 0.0911. The van der Waals surface area contributed by atoms with Gasteiger partial charge in [-0.15, -0.1) is 0 Å². The van der Waals surface area contributed by atoms with Gasteiger partial charge >= 0.3 is 0 Å². The number of hydrogen-bond donors (Lipinski definition) is 2. The van der Waals surface area contributed by atoms with Crippen LogP contribution in [0.5, 0.6) is 5.75 Å². The predicted octanol–water partition coefficient (Wildman–Crippen LogP) is 3.49. The Morgan fingerprint density at radius 2 is 1.53 bits per heavy atom. The first-order chi connectivity index (χ1) is 14.6. The molecule has 0 heterocycles. The number of hydrogen-bond acceptors (Lipinski definition) is 3. The van der Waals surface area contributed by atoms with E-state index in [4.69, 9.17) is 4.74 Å². The lowest BCUT2D eigenvalue weighted by Crippen LogP contribution is -2.35. The third-order valence-corrected chi connectivity index (χ3v) is 4.36. The van der Waals surface area contributed by atoms with E-state index < -0.39 is 0 Å². The maximum absolute atomic E-state index is 13.0. The monoisotopic (exact) mass is 406 g/mol. The number of carbonyl (C=O) groups excluding carboxylic acids is 2. The molecule has 0 fully saturated rings. The summed E-state index contributed by atoms with van der Waals surface area (Å²) in [5, 5.41) is 5.56. The first-order valence-corrected chi connectivity index (χ1v) is 9.66. The molecule has 0 unspecified atom stereocenters. The summed E-state index contributed by atoms with van der Waals surface area (Å²) in [6, 6.07) is 22.3. The highest BCUT2D eigenvalue weighted by Gasteiger charge is 2.07. The molecule has 0 aliphatic heterocycles. The Balaban J connectivity index is 1.41. The van der Waals surface area contributed by atoms with Crippen LogP contribution in [0.15, 0.2) is 78.9 Å². The zero-order valence-corrected chi connectivity index (χ0v) is 16.4. The maximum Gasteiger partial charge on any atom is 0.251 e. The number of carbonyl (C=O) groups is 2. The minimum atomic E-state index is -0.298. The van der Waals surface area contributed by atoms with E-state index in [0.29, 0.717) is 30.8 Å². The predicted molar refractivity (Wildman–Crippen MR) is 113 cm³/mol. The Hall–Kier alpha value is -3.67. The summed E-state index contributed by atoms with van der Waals surface area (Å²) in [5.74, 6) is -0.0945. The Morgan fingerprint density at radius 1 is 0.800 bits per heavy atom. The van der Waals surface area contributed by atoms with E-state index in [9.17, 15) is 14.0 Å². The molecule has 0 aromatic heterocycles. The molecule has 0 aliphatic rings. The number of ether oxygens (including phenoxy) is 1. The lowest BCUT2D eigenvalue weighted by atomic mass is 10.1. The molecule has 2 N–H and O–H groups in total. The van der Waals surface area contributed by atoms with Crippen molar-refractivity contribution in [2.24, 2.45) is 0 Å². The van der Waals surface area contributed by atoms with Crippen molar-refractivity contribution >= 4 is 11.8 Å². The van der Waals surface area contributed by atoms with Crippen LogP contribution in [0.4, 0.5) is 4.39 Å². The molecule has 154 valence electrons. The smallest absolute Gasteiger partial charge is 0.251 e. The lowest BCUT2D eigenvalue weighted by molar-refractivity contribution is -0.120. The fraction of sp³-hybridized carbons (Fsp3) is 0.167. The van der Waals surface area contributed by atoms with E-state index in [1.807, 2.05) is 30.3 Å². The zero-order valence-electron chi connectivity index (χ0n) is 16.4. The molecule has 0 saturated heterocycles. The van der Waals surface area contributed by atoms with Crippen LogP contribution < -0.4 is 15.4 Å². The Labute approximate surface area is 174 Å². The van der Waals surface area contributed by atoms with Gasteiger partial charge < -0.3 is 15.4 Å². The lowest BCUT2D eigenvalue weighted by Gasteiger charge is -2.10. The van der Waals surface area contributed by atoms with E-state index in [0.717, 1.165) is 11.1 Å². The molecule has 0 bridgehead atoms. The zero-order chi connectivity index (χ0) is 21.2. The van der Waals surface area contributed by atoms with Crippen molar-refractivity contribution in [2.75, 3.05) is 13.1 Å². The summed E-state index contributed by atoms with van der Waals surface area (Å²) in [4.78, 5) is 24.2. The molecular weight excluding hydrogens is 383 g/mol. The van der Waals surface area contributed by atoms with Gasteiger partial charge in [0.25, 0.3) is 5.91 Å². The number of benzene rings is 3. The van der Waals surface area contributed by atoms with Gasteiger partial charge in [-0.05, 0) is 41.5 Å². The van der Waals surface area contributed by atoms with E-state index in [1.54, 1.807) is 36.4 Å². The average molecular weight is 406 g/mol. The minimum Gasteiger partial charge on any atom is -0.489 e. The highest BCUT2D eigenvalue weighted by Crippen LogP contribution is 2.15. The van der Waals surface area contributed by atoms with Gasteiger partial charge in [0, 0.05) is 18.7 Å². The van der Waals surface area contributed by atoms with Gasteiger partial charge in [-0.3, -0.25) is 9.59 Å². The Bertz CT molecular complexity index is 975. The molecule has 30 heavy (non-hydrogen) atoms. The SMILES string of the molecule is O=C(Cc1ccccc1)NCCNC(=O)c1cccc(OCc2ccc(F)cc2)c1. The summed E-state index contributed by atoms with van der Waals surface area (Å²) in [6.45, 7) is 0.941. The topological polar surface area (TPSA) is 67.4 Å². The third-order valence-electron chi connectivity index (χ3n) is 4.36. The highest BCUT2D eigenvalue weighted by atomic mass is 19.1. The van der Waals surface area contributed by atoms with Crippen molar-refractivity contribution in [1.29, 1.82) is 0 Å². The van der Waals surface area contributed by atoms with Crippen molar-refractivity contribution in [3.63, 3.8) is 0 Å². The van der Waals surface area contributed by atoms with Crippen molar-refractivity contribution in [3.05, 3.63) is 101 Å². The molecule has 3 aromatic rings. The summed E-state index contributed by atoms with van der Waals surface area (Å²) >= 11 is 0. The first-order valence-electron chi connectivity index (χ1n) is 9.66. The van der Waals surface area contributed by atoms with Gasteiger partial charge in [-0.2, -0.15) is 0 Å². The molecule has 3 aromatic carbocycles. The van der Waals surface area contributed by atoms with Crippen LogP contribution in [0.3, 0.4) is 0 Å². The van der Waals surface area contributed by atoms with Gasteiger partial charge in [0.2, 0.25) is 5.91 Å². The summed E-state index contributed by atoms with van der Waals surface area (Å²) in [7, 11) is 0. The van der Waals surface area contributed by atoms with Gasteiger partial charge in [0.05, 0.1) is 6.42 Å². The summed E-state index contributed by atoms with van der Waals surface area (Å²) < 4.78 is 18.6. The molecule has 0 saturated carbocycles. The van der Waals surface area contributed by atoms with Crippen LogP contribution in [-0.4, -0.2) is 24.9 Å². The van der Waals surface area contributed by atoms with Gasteiger partial charge in [0.1, 0.15) is 18.2 Å². The fourth-order valence-corrected chi connectivity index (χ4v) is 2.80. The molecule has 6 heteroatoms. The molecule has 0 radical (unpaired) electrons. The van der Waals surface area contributed by atoms with Gasteiger partial charge in [-0.1, -0.05) is 48.5 Å². The second-order valence-electron chi connectivity index (χ2n) is 6.71. The van der Waals surface area contributed by atoms with E-state index in [2.05, 4.69) is 10.6 Å². The van der Waals surface area contributed by atoms with Crippen LogP contribution in [0.2, 0.25) is 0 Å². The average Bonchev–Trinajstić information content (AvgIpc) is 2.77. The van der Waals surface area contributed by atoms with Crippen LogP contribution in [0.25, 0.3) is 0 Å². The number of rotatable bonds is 9.